The van der Waals surface area contributed by atoms with Crippen molar-refractivity contribution in [2.24, 2.45) is 0 Å². The van der Waals surface area contributed by atoms with Crippen molar-refractivity contribution < 1.29 is 22.7 Å². The standard InChI is InChI=1S/C18H22N2O5S/c1-12(2)25-18-8-6-5-7-15(18)20-26(22,23)14-9-10-17(24-4)16(11-14)19-13(3)21/h5-12,20H,1-4H3,(H,19,21). The van der Waals surface area contributed by atoms with Crippen molar-refractivity contribution >= 4 is 27.3 Å². The van der Waals surface area contributed by atoms with Crippen molar-refractivity contribution in [3.63, 3.8) is 0 Å². The highest BCUT2D eigenvalue weighted by molar-refractivity contribution is 7.92. The Balaban J connectivity index is 2.38. The molecule has 26 heavy (non-hydrogen) atoms. The highest BCUT2D eigenvalue weighted by Gasteiger charge is 2.19. The van der Waals surface area contributed by atoms with Crippen LogP contribution in [0.3, 0.4) is 0 Å². The van der Waals surface area contributed by atoms with Crippen LogP contribution in [-0.2, 0) is 14.8 Å². The van der Waals surface area contributed by atoms with Crippen LogP contribution in [0.15, 0.2) is 47.4 Å². The van der Waals surface area contributed by atoms with Crippen LogP contribution in [0.1, 0.15) is 20.8 Å². The lowest BCUT2D eigenvalue weighted by Gasteiger charge is -2.16. The van der Waals surface area contributed by atoms with Crippen molar-refractivity contribution in [1.29, 1.82) is 0 Å². The number of amides is 1. The summed E-state index contributed by atoms with van der Waals surface area (Å²) in [6.07, 6.45) is -0.104. The van der Waals surface area contributed by atoms with Crippen molar-refractivity contribution in [3.8, 4) is 11.5 Å². The van der Waals surface area contributed by atoms with Crippen molar-refractivity contribution in [2.45, 2.75) is 31.8 Å². The van der Waals surface area contributed by atoms with Gasteiger partial charge in [-0.1, -0.05) is 12.1 Å². The average Bonchev–Trinajstić information content (AvgIpc) is 2.55. The van der Waals surface area contributed by atoms with Gasteiger partial charge in [0.2, 0.25) is 5.91 Å². The first-order valence-corrected chi connectivity index (χ1v) is 9.45. The molecule has 0 atom stereocenters. The lowest BCUT2D eigenvalue weighted by Crippen LogP contribution is -2.16. The molecule has 1 amide bonds. The van der Waals surface area contributed by atoms with Gasteiger partial charge in [0.25, 0.3) is 10.0 Å². The molecule has 0 aromatic heterocycles. The van der Waals surface area contributed by atoms with E-state index in [0.717, 1.165) is 0 Å². The van der Waals surface area contributed by atoms with E-state index in [2.05, 4.69) is 10.0 Å². The number of sulfonamides is 1. The van der Waals surface area contributed by atoms with Crippen molar-refractivity contribution in [1.82, 2.24) is 0 Å². The highest BCUT2D eigenvalue weighted by atomic mass is 32.2. The van der Waals surface area contributed by atoms with Crippen LogP contribution in [0, 0.1) is 0 Å². The second-order valence-corrected chi connectivity index (χ2v) is 7.49. The van der Waals surface area contributed by atoms with Gasteiger partial charge in [-0.3, -0.25) is 9.52 Å². The monoisotopic (exact) mass is 378 g/mol. The van der Waals surface area contributed by atoms with Gasteiger partial charge in [0.05, 0.1) is 29.5 Å². The molecule has 2 N–H and O–H groups in total. The number of rotatable bonds is 7. The summed E-state index contributed by atoms with van der Waals surface area (Å²) in [6, 6.07) is 11.0. The average molecular weight is 378 g/mol. The molecule has 2 aromatic carbocycles. The lowest BCUT2D eigenvalue weighted by atomic mass is 10.3. The number of benzene rings is 2. The number of hydrogen-bond donors (Lipinski definition) is 2. The second-order valence-electron chi connectivity index (χ2n) is 5.81. The van der Waals surface area contributed by atoms with Crippen LogP contribution in [0.25, 0.3) is 0 Å². The highest BCUT2D eigenvalue weighted by Crippen LogP contribution is 2.31. The SMILES string of the molecule is COc1ccc(S(=O)(=O)Nc2ccccc2OC(C)C)cc1NC(C)=O. The Bertz CT molecular complexity index is 894. The number of para-hydroxylation sites is 2. The van der Waals surface area contributed by atoms with E-state index >= 15 is 0 Å². The Morgan fingerprint density at radius 3 is 2.35 bits per heavy atom. The van der Waals surface area contributed by atoms with Crippen LogP contribution >= 0.6 is 0 Å². The van der Waals surface area contributed by atoms with E-state index in [0.29, 0.717) is 17.2 Å². The summed E-state index contributed by atoms with van der Waals surface area (Å²) >= 11 is 0. The van der Waals surface area contributed by atoms with E-state index in [1.807, 2.05) is 13.8 Å². The fourth-order valence-corrected chi connectivity index (χ4v) is 3.35. The summed E-state index contributed by atoms with van der Waals surface area (Å²) in [5, 5.41) is 2.56. The largest absolute Gasteiger partial charge is 0.495 e. The first-order valence-electron chi connectivity index (χ1n) is 7.97. The summed E-state index contributed by atoms with van der Waals surface area (Å²) in [5.74, 6) is 0.464. The summed E-state index contributed by atoms with van der Waals surface area (Å²) in [7, 11) is -2.45. The lowest BCUT2D eigenvalue weighted by molar-refractivity contribution is -0.114. The van der Waals surface area contributed by atoms with E-state index in [9.17, 15) is 13.2 Å². The van der Waals surface area contributed by atoms with E-state index in [4.69, 9.17) is 9.47 Å². The molecular formula is C18H22N2O5S. The van der Waals surface area contributed by atoms with E-state index < -0.39 is 10.0 Å². The van der Waals surface area contributed by atoms with E-state index in [1.165, 1.54) is 32.2 Å². The molecule has 0 saturated heterocycles. The normalized spacial score (nSPS) is 11.1. The molecule has 0 aliphatic carbocycles. The fourth-order valence-electron chi connectivity index (χ4n) is 2.25. The quantitative estimate of drug-likeness (QED) is 0.771. The summed E-state index contributed by atoms with van der Waals surface area (Å²) in [6.45, 7) is 5.04. The number of carbonyl (C=O) groups is 1. The minimum absolute atomic E-state index is 0.0126. The number of carbonyl (C=O) groups excluding carboxylic acids is 1. The molecule has 0 radical (unpaired) electrons. The Morgan fingerprint density at radius 2 is 1.73 bits per heavy atom. The molecule has 0 aliphatic rings. The molecule has 0 fully saturated rings. The third kappa shape index (κ3) is 4.89. The third-order valence-corrected chi connectivity index (χ3v) is 4.65. The summed E-state index contributed by atoms with van der Waals surface area (Å²) in [5.41, 5.74) is 0.604. The van der Waals surface area contributed by atoms with Crippen LogP contribution < -0.4 is 19.5 Å². The molecule has 7 nitrogen and oxygen atoms in total. The Kier molecular flexibility index (Phi) is 6.10. The van der Waals surface area contributed by atoms with Crippen molar-refractivity contribution in [3.05, 3.63) is 42.5 Å². The third-order valence-electron chi connectivity index (χ3n) is 3.29. The molecule has 0 bridgehead atoms. The molecule has 0 spiro atoms. The zero-order chi connectivity index (χ0) is 19.3. The smallest absolute Gasteiger partial charge is 0.262 e. The van der Waals surface area contributed by atoms with Gasteiger partial charge in [-0.25, -0.2) is 8.42 Å². The summed E-state index contributed by atoms with van der Waals surface area (Å²) in [4.78, 5) is 11.3. The van der Waals surface area contributed by atoms with Gasteiger partial charge in [-0.05, 0) is 44.2 Å². The molecule has 0 saturated carbocycles. The van der Waals surface area contributed by atoms with Gasteiger partial charge < -0.3 is 14.8 Å². The predicted molar refractivity (Wildman–Crippen MR) is 100 cm³/mol. The molecule has 2 aromatic rings. The van der Waals surface area contributed by atoms with Gasteiger partial charge >= 0.3 is 0 Å². The zero-order valence-electron chi connectivity index (χ0n) is 15.1. The summed E-state index contributed by atoms with van der Waals surface area (Å²) < 4.78 is 38.8. The number of nitrogens with one attached hydrogen (secondary N) is 2. The Hall–Kier alpha value is -2.74. The van der Waals surface area contributed by atoms with Crippen LogP contribution in [0.2, 0.25) is 0 Å². The molecule has 2 rings (SSSR count). The van der Waals surface area contributed by atoms with E-state index in [1.54, 1.807) is 24.3 Å². The maximum Gasteiger partial charge on any atom is 0.262 e. The minimum Gasteiger partial charge on any atom is -0.495 e. The molecule has 0 heterocycles. The minimum atomic E-state index is -3.89. The number of anilines is 2. The van der Waals surface area contributed by atoms with Crippen LogP contribution in [-0.4, -0.2) is 27.5 Å². The molecule has 8 heteroatoms. The molecule has 0 unspecified atom stereocenters. The van der Waals surface area contributed by atoms with Crippen molar-refractivity contribution in [2.75, 3.05) is 17.1 Å². The maximum atomic E-state index is 12.8. The number of hydrogen-bond acceptors (Lipinski definition) is 5. The van der Waals surface area contributed by atoms with Crippen LogP contribution in [0.4, 0.5) is 11.4 Å². The zero-order valence-corrected chi connectivity index (χ0v) is 15.9. The van der Waals surface area contributed by atoms with Gasteiger partial charge in [0, 0.05) is 6.92 Å². The molecular weight excluding hydrogens is 356 g/mol. The molecule has 0 aliphatic heterocycles. The Morgan fingerprint density at radius 1 is 1.04 bits per heavy atom. The first kappa shape index (κ1) is 19.6. The Labute approximate surface area is 153 Å². The first-order chi connectivity index (χ1) is 12.2. The molecule has 140 valence electrons. The predicted octanol–water partition coefficient (Wildman–Crippen LogP) is 3.24. The maximum absolute atomic E-state index is 12.8. The number of methoxy groups -OCH3 is 1. The van der Waals surface area contributed by atoms with Gasteiger partial charge in [0.15, 0.2) is 0 Å². The van der Waals surface area contributed by atoms with Gasteiger partial charge in [-0.15, -0.1) is 0 Å². The van der Waals surface area contributed by atoms with Gasteiger partial charge in [0.1, 0.15) is 11.5 Å². The van der Waals surface area contributed by atoms with Crippen LogP contribution in [0.5, 0.6) is 11.5 Å². The fraction of sp³-hybridized carbons (Fsp3) is 0.278. The van der Waals surface area contributed by atoms with Gasteiger partial charge in [-0.2, -0.15) is 0 Å². The second kappa shape index (κ2) is 8.09. The van der Waals surface area contributed by atoms with E-state index in [-0.39, 0.29) is 22.6 Å². The topological polar surface area (TPSA) is 93.7 Å². The number of ether oxygens (including phenoxy) is 2.